The Morgan fingerprint density at radius 2 is 2.25 bits per heavy atom. The van der Waals surface area contributed by atoms with E-state index < -0.39 is 0 Å². The number of H-pyrrole nitrogens is 2. The molecule has 4 rings (SSSR count). The van der Waals surface area contributed by atoms with Crippen LogP contribution in [-0.4, -0.2) is 37.5 Å². The maximum atomic E-state index is 12.9. The van der Waals surface area contributed by atoms with Gasteiger partial charge in [0.25, 0.3) is 5.91 Å². The molecule has 1 fully saturated rings. The molecule has 3 aromatic rings. The quantitative estimate of drug-likeness (QED) is 0.757. The number of benzene rings is 1. The molecule has 2 heterocycles. The molecule has 0 spiro atoms. The lowest BCUT2D eigenvalue weighted by Gasteiger charge is -2.32. The van der Waals surface area contributed by atoms with Gasteiger partial charge in [-0.05, 0) is 43.4 Å². The lowest BCUT2D eigenvalue weighted by molar-refractivity contribution is 0.0674. The number of amides is 1. The van der Waals surface area contributed by atoms with Crippen LogP contribution in [0.1, 0.15) is 41.0 Å². The normalized spacial score (nSPS) is 14.7. The zero-order valence-corrected chi connectivity index (χ0v) is 13.7. The van der Waals surface area contributed by atoms with Gasteiger partial charge in [-0.1, -0.05) is 18.6 Å². The maximum Gasteiger partial charge on any atom is 0.274 e. The molecule has 0 radical (unpaired) electrons. The summed E-state index contributed by atoms with van der Waals surface area (Å²) in [6.07, 6.45) is 5.37. The third-order valence-electron chi connectivity index (χ3n) is 4.81. The van der Waals surface area contributed by atoms with Gasteiger partial charge < -0.3 is 9.88 Å². The van der Waals surface area contributed by atoms with E-state index in [0.29, 0.717) is 18.2 Å². The van der Waals surface area contributed by atoms with Crippen LogP contribution in [0.15, 0.2) is 30.6 Å². The summed E-state index contributed by atoms with van der Waals surface area (Å²) in [5.74, 6) is 0.589. The first-order chi connectivity index (χ1) is 11.7. The van der Waals surface area contributed by atoms with Gasteiger partial charge in [0.15, 0.2) is 0 Å². The van der Waals surface area contributed by atoms with Crippen molar-refractivity contribution in [3.8, 4) is 0 Å². The SMILES string of the molecule is Cc1cc(C(=O)N(Cc2cccc3[nH]cnc23)CC2CCC2)n[nH]1. The van der Waals surface area contributed by atoms with Gasteiger partial charge in [-0.25, -0.2) is 4.98 Å². The van der Waals surface area contributed by atoms with Crippen molar-refractivity contribution >= 4 is 16.9 Å². The Balaban J connectivity index is 1.62. The summed E-state index contributed by atoms with van der Waals surface area (Å²) in [6, 6.07) is 7.85. The van der Waals surface area contributed by atoms with Crippen molar-refractivity contribution < 1.29 is 4.79 Å². The number of aryl methyl sites for hydroxylation is 1. The Hall–Kier alpha value is -2.63. The molecule has 1 amide bonds. The monoisotopic (exact) mass is 323 g/mol. The second-order valence-electron chi connectivity index (χ2n) is 6.63. The summed E-state index contributed by atoms with van der Waals surface area (Å²) in [6.45, 7) is 3.25. The number of fused-ring (bicyclic) bond motifs is 1. The first-order valence-electron chi connectivity index (χ1n) is 8.43. The zero-order chi connectivity index (χ0) is 16.5. The summed E-state index contributed by atoms with van der Waals surface area (Å²) in [4.78, 5) is 22.4. The predicted molar refractivity (Wildman–Crippen MR) is 91.5 cm³/mol. The van der Waals surface area contributed by atoms with E-state index in [0.717, 1.165) is 28.8 Å². The van der Waals surface area contributed by atoms with Crippen LogP contribution in [0.5, 0.6) is 0 Å². The summed E-state index contributed by atoms with van der Waals surface area (Å²) in [7, 11) is 0. The number of hydrogen-bond acceptors (Lipinski definition) is 3. The smallest absolute Gasteiger partial charge is 0.274 e. The van der Waals surface area contributed by atoms with Crippen molar-refractivity contribution in [3.63, 3.8) is 0 Å². The molecule has 0 bridgehead atoms. The Kier molecular flexibility index (Phi) is 3.80. The van der Waals surface area contributed by atoms with Crippen LogP contribution in [0.25, 0.3) is 11.0 Å². The molecule has 124 valence electrons. The number of hydrogen-bond donors (Lipinski definition) is 2. The molecule has 6 heteroatoms. The molecule has 1 aromatic carbocycles. The largest absolute Gasteiger partial charge is 0.345 e. The van der Waals surface area contributed by atoms with Crippen molar-refractivity contribution in [2.24, 2.45) is 5.92 Å². The number of nitrogens with one attached hydrogen (secondary N) is 2. The second kappa shape index (κ2) is 6.11. The lowest BCUT2D eigenvalue weighted by Crippen LogP contribution is -2.37. The highest BCUT2D eigenvalue weighted by Gasteiger charge is 2.26. The average Bonchev–Trinajstić information content (AvgIpc) is 3.17. The number of carbonyl (C=O) groups excluding carboxylic acids is 1. The van der Waals surface area contributed by atoms with Crippen molar-refractivity contribution in [3.05, 3.63) is 47.5 Å². The van der Waals surface area contributed by atoms with Gasteiger partial charge >= 0.3 is 0 Å². The average molecular weight is 323 g/mol. The van der Waals surface area contributed by atoms with Crippen LogP contribution in [-0.2, 0) is 6.54 Å². The summed E-state index contributed by atoms with van der Waals surface area (Å²) >= 11 is 0. The zero-order valence-electron chi connectivity index (χ0n) is 13.7. The third-order valence-corrected chi connectivity index (χ3v) is 4.81. The van der Waals surface area contributed by atoms with Crippen LogP contribution in [0.2, 0.25) is 0 Å². The van der Waals surface area contributed by atoms with E-state index in [-0.39, 0.29) is 5.91 Å². The van der Waals surface area contributed by atoms with Crippen molar-refractivity contribution in [1.29, 1.82) is 0 Å². The standard InChI is InChI=1S/C18H21N5O/c1-12-8-16(22-21-12)18(24)23(9-13-4-2-5-13)10-14-6-3-7-15-17(14)20-11-19-15/h3,6-8,11,13H,2,4-5,9-10H2,1H3,(H,19,20)(H,21,22). The number of aromatic nitrogens is 4. The first kappa shape index (κ1) is 14.9. The van der Waals surface area contributed by atoms with Gasteiger partial charge in [0, 0.05) is 18.8 Å². The molecule has 1 aliphatic carbocycles. The van der Waals surface area contributed by atoms with E-state index in [2.05, 4.69) is 20.2 Å². The van der Waals surface area contributed by atoms with Crippen molar-refractivity contribution in [1.82, 2.24) is 25.1 Å². The van der Waals surface area contributed by atoms with Gasteiger partial charge in [-0.2, -0.15) is 5.10 Å². The first-order valence-corrected chi connectivity index (χ1v) is 8.43. The van der Waals surface area contributed by atoms with Gasteiger partial charge in [0.1, 0.15) is 5.69 Å². The second-order valence-corrected chi connectivity index (χ2v) is 6.63. The van der Waals surface area contributed by atoms with E-state index in [1.165, 1.54) is 19.3 Å². The van der Waals surface area contributed by atoms with Crippen molar-refractivity contribution in [2.45, 2.75) is 32.7 Å². The molecule has 1 saturated carbocycles. The molecule has 24 heavy (non-hydrogen) atoms. The predicted octanol–water partition coefficient (Wildman–Crippen LogP) is 3.04. The van der Waals surface area contributed by atoms with E-state index >= 15 is 0 Å². The highest BCUT2D eigenvalue weighted by atomic mass is 16.2. The molecule has 1 aliphatic rings. The van der Waals surface area contributed by atoms with Gasteiger partial charge in [-0.3, -0.25) is 9.89 Å². The molecule has 0 aliphatic heterocycles. The Morgan fingerprint density at radius 1 is 1.38 bits per heavy atom. The molecule has 2 N–H and O–H groups in total. The highest BCUT2D eigenvalue weighted by Crippen LogP contribution is 2.28. The van der Waals surface area contributed by atoms with E-state index in [1.54, 1.807) is 6.33 Å². The number of nitrogens with zero attached hydrogens (tertiary/aromatic N) is 3. The number of aromatic amines is 2. The topological polar surface area (TPSA) is 77.7 Å². The Labute approximate surface area is 140 Å². The minimum atomic E-state index is -0.0150. The van der Waals surface area contributed by atoms with Crippen LogP contribution in [0.4, 0.5) is 0 Å². The number of carbonyl (C=O) groups is 1. The number of para-hydroxylation sites is 1. The van der Waals surface area contributed by atoms with Crippen LogP contribution < -0.4 is 0 Å². The minimum Gasteiger partial charge on any atom is -0.345 e. The van der Waals surface area contributed by atoms with Gasteiger partial charge in [0.05, 0.1) is 17.4 Å². The number of rotatable bonds is 5. The third kappa shape index (κ3) is 2.79. The van der Waals surface area contributed by atoms with E-state index in [9.17, 15) is 4.79 Å². The summed E-state index contributed by atoms with van der Waals surface area (Å²) in [5, 5.41) is 7.00. The van der Waals surface area contributed by atoms with E-state index in [4.69, 9.17) is 0 Å². The fourth-order valence-electron chi connectivity index (χ4n) is 3.26. The van der Waals surface area contributed by atoms with Crippen molar-refractivity contribution in [2.75, 3.05) is 6.54 Å². The van der Waals surface area contributed by atoms with Gasteiger partial charge in [0.2, 0.25) is 0 Å². The minimum absolute atomic E-state index is 0.0150. The van der Waals surface area contributed by atoms with Crippen LogP contribution in [0, 0.1) is 12.8 Å². The highest BCUT2D eigenvalue weighted by molar-refractivity contribution is 5.92. The molecule has 6 nitrogen and oxygen atoms in total. The number of imidazole rings is 1. The Morgan fingerprint density at radius 3 is 2.96 bits per heavy atom. The molecule has 2 aromatic heterocycles. The fraction of sp³-hybridized carbons (Fsp3) is 0.389. The van der Waals surface area contributed by atoms with Crippen LogP contribution in [0.3, 0.4) is 0 Å². The molecular weight excluding hydrogens is 302 g/mol. The lowest BCUT2D eigenvalue weighted by atomic mass is 9.85. The maximum absolute atomic E-state index is 12.9. The summed E-state index contributed by atoms with van der Waals surface area (Å²) in [5.41, 5.74) is 4.38. The van der Waals surface area contributed by atoms with Gasteiger partial charge in [-0.15, -0.1) is 0 Å². The van der Waals surface area contributed by atoms with E-state index in [1.807, 2.05) is 36.1 Å². The molecule has 0 unspecified atom stereocenters. The summed E-state index contributed by atoms with van der Waals surface area (Å²) < 4.78 is 0. The molecule has 0 atom stereocenters. The van der Waals surface area contributed by atoms with Crippen LogP contribution >= 0.6 is 0 Å². The Bertz CT molecular complexity index is 861. The fourth-order valence-corrected chi connectivity index (χ4v) is 3.26. The molecular formula is C18H21N5O. The molecule has 0 saturated heterocycles.